The van der Waals surface area contributed by atoms with Gasteiger partial charge in [-0.2, -0.15) is 0 Å². The first-order valence-electron chi connectivity index (χ1n) is 5.17. The van der Waals surface area contributed by atoms with Crippen molar-refractivity contribution in [2.24, 2.45) is 11.1 Å². The Hall–Kier alpha value is -0.570. The highest BCUT2D eigenvalue weighted by Gasteiger charge is 2.33. The summed E-state index contributed by atoms with van der Waals surface area (Å²) in [5, 5.41) is 2.88. The largest absolute Gasteiger partial charge is 0.354 e. The van der Waals surface area contributed by atoms with Gasteiger partial charge < -0.3 is 11.1 Å². The summed E-state index contributed by atoms with van der Waals surface area (Å²) >= 11 is 0. The predicted molar refractivity (Wildman–Crippen MR) is 53.3 cm³/mol. The summed E-state index contributed by atoms with van der Waals surface area (Å²) < 4.78 is 0. The Balaban J connectivity index is 2.42. The van der Waals surface area contributed by atoms with E-state index in [1.165, 1.54) is 19.3 Å². The number of hydrogen-bond donors (Lipinski definition) is 2. The summed E-state index contributed by atoms with van der Waals surface area (Å²) in [6.07, 6.45) is 5.71. The summed E-state index contributed by atoms with van der Waals surface area (Å²) in [6, 6.07) is 0. The number of nitrogens with two attached hydrogens (primary N) is 1. The van der Waals surface area contributed by atoms with Gasteiger partial charge in [-0.1, -0.05) is 26.2 Å². The van der Waals surface area contributed by atoms with Gasteiger partial charge in [0, 0.05) is 18.5 Å². The van der Waals surface area contributed by atoms with E-state index < -0.39 is 0 Å². The Morgan fingerprint density at radius 2 is 2.00 bits per heavy atom. The zero-order valence-electron chi connectivity index (χ0n) is 8.44. The normalized spacial score (nSPS) is 21.1. The van der Waals surface area contributed by atoms with Crippen molar-refractivity contribution in [1.82, 2.24) is 5.32 Å². The minimum atomic E-state index is -0.118. The Kier molecular flexibility index (Phi) is 3.72. The van der Waals surface area contributed by atoms with E-state index in [-0.39, 0.29) is 11.3 Å². The molecule has 0 radical (unpaired) electrons. The second kappa shape index (κ2) is 4.61. The van der Waals surface area contributed by atoms with E-state index in [4.69, 9.17) is 5.73 Å². The Morgan fingerprint density at radius 3 is 2.54 bits per heavy atom. The molecule has 3 heteroatoms. The van der Waals surface area contributed by atoms with Crippen LogP contribution in [0, 0.1) is 5.41 Å². The van der Waals surface area contributed by atoms with Gasteiger partial charge in [0.1, 0.15) is 0 Å². The molecule has 1 rings (SSSR count). The van der Waals surface area contributed by atoms with E-state index in [0.29, 0.717) is 13.1 Å². The van der Waals surface area contributed by atoms with Crippen molar-refractivity contribution < 1.29 is 4.79 Å². The van der Waals surface area contributed by atoms with Crippen LogP contribution in [-0.2, 0) is 4.79 Å². The van der Waals surface area contributed by atoms with Gasteiger partial charge in [-0.05, 0) is 12.8 Å². The van der Waals surface area contributed by atoms with E-state index in [1.807, 2.05) is 0 Å². The first kappa shape index (κ1) is 10.5. The van der Waals surface area contributed by atoms with Crippen LogP contribution < -0.4 is 11.1 Å². The lowest BCUT2D eigenvalue weighted by Crippen LogP contribution is -2.42. The lowest BCUT2D eigenvalue weighted by molar-refractivity contribution is -0.131. The molecule has 1 saturated carbocycles. The molecule has 0 aromatic carbocycles. The zero-order chi connectivity index (χ0) is 9.73. The van der Waals surface area contributed by atoms with Crippen LogP contribution in [0.15, 0.2) is 0 Å². The third kappa shape index (κ3) is 2.69. The lowest BCUT2D eigenvalue weighted by atomic mass is 9.75. The van der Waals surface area contributed by atoms with Gasteiger partial charge in [-0.25, -0.2) is 0 Å². The summed E-state index contributed by atoms with van der Waals surface area (Å²) in [4.78, 5) is 11.7. The molecule has 3 N–H and O–H groups in total. The van der Waals surface area contributed by atoms with Gasteiger partial charge in [0.15, 0.2) is 0 Å². The van der Waals surface area contributed by atoms with Crippen LogP contribution >= 0.6 is 0 Å². The van der Waals surface area contributed by atoms with E-state index in [0.717, 1.165) is 12.8 Å². The molecule has 0 atom stereocenters. The zero-order valence-corrected chi connectivity index (χ0v) is 8.44. The molecule has 76 valence electrons. The molecular formula is C10H20N2O. The molecule has 1 aliphatic carbocycles. The molecule has 0 unspecified atom stereocenters. The van der Waals surface area contributed by atoms with Crippen LogP contribution in [0.5, 0.6) is 0 Å². The van der Waals surface area contributed by atoms with Gasteiger partial charge in [-0.15, -0.1) is 0 Å². The fourth-order valence-corrected chi connectivity index (χ4v) is 1.96. The molecule has 0 aromatic rings. The SMILES string of the molecule is CC1(C(=O)NCCN)CCCCC1. The number of carbonyl (C=O) groups excluding carboxylic acids is 1. The molecule has 0 saturated heterocycles. The minimum absolute atomic E-state index is 0.118. The summed E-state index contributed by atoms with van der Waals surface area (Å²) in [7, 11) is 0. The van der Waals surface area contributed by atoms with Crippen molar-refractivity contribution in [2.45, 2.75) is 39.0 Å². The van der Waals surface area contributed by atoms with Crippen LogP contribution in [0.1, 0.15) is 39.0 Å². The van der Waals surface area contributed by atoms with Gasteiger partial charge >= 0.3 is 0 Å². The lowest BCUT2D eigenvalue weighted by Gasteiger charge is -2.31. The Bertz CT molecular complexity index is 174. The highest BCUT2D eigenvalue weighted by atomic mass is 16.2. The van der Waals surface area contributed by atoms with E-state index >= 15 is 0 Å². The second-order valence-electron chi connectivity index (χ2n) is 4.17. The van der Waals surface area contributed by atoms with Gasteiger partial charge in [-0.3, -0.25) is 4.79 Å². The van der Waals surface area contributed by atoms with Gasteiger partial charge in [0.05, 0.1) is 0 Å². The van der Waals surface area contributed by atoms with Crippen LogP contribution in [0.25, 0.3) is 0 Å². The Morgan fingerprint density at radius 1 is 1.38 bits per heavy atom. The predicted octanol–water partition coefficient (Wildman–Crippen LogP) is 1.03. The fraction of sp³-hybridized carbons (Fsp3) is 0.900. The molecule has 0 aliphatic heterocycles. The summed E-state index contributed by atoms with van der Waals surface area (Å²) in [5.74, 6) is 0.192. The van der Waals surface area contributed by atoms with Crippen molar-refractivity contribution in [1.29, 1.82) is 0 Å². The first-order valence-corrected chi connectivity index (χ1v) is 5.17. The van der Waals surface area contributed by atoms with Crippen molar-refractivity contribution in [3.63, 3.8) is 0 Å². The summed E-state index contributed by atoms with van der Waals surface area (Å²) in [6.45, 7) is 3.20. The maximum absolute atomic E-state index is 11.7. The van der Waals surface area contributed by atoms with Gasteiger partial charge in [0.2, 0.25) is 5.91 Å². The number of nitrogens with one attached hydrogen (secondary N) is 1. The quantitative estimate of drug-likeness (QED) is 0.688. The number of hydrogen-bond acceptors (Lipinski definition) is 2. The van der Waals surface area contributed by atoms with Crippen molar-refractivity contribution in [3.8, 4) is 0 Å². The average molecular weight is 184 g/mol. The molecule has 0 aromatic heterocycles. The van der Waals surface area contributed by atoms with Crippen molar-refractivity contribution in [2.75, 3.05) is 13.1 Å². The first-order chi connectivity index (χ1) is 6.19. The monoisotopic (exact) mass is 184 g/mol. The highest BCUT2D eigenvalue weighted by molar-refractivity contribution is 5.82. The molecule has 3 nitrogen and oxygen atoms in total. The van der Waals surface area contributed by atoms with Crippen LogP contribution in [0.4, 0.5) is 0 Å². The number of carbonyl (C=O) groups is 1. The van der Waals surface area contributed by atoms with E-state index in [1.54, 1.807) is 0 Å². The molecule has 1 aliphatic rings. The third-order valence-corrected chi connectivity index (χ3v) is 2.94. The third-order valence-electron chi connectivity index (χ3n) is 2.94. The smallest absolute Gasteiger partial charge is 0.225 e. The molecule has 0 bridgehead atoms. The minimum Gasteiger partial charge on any atom is -0.354 e. The molecule has 1 amide bonds. The van der Waals surface area contributed by atoms with E-state index in [9.17, 15) is 4.79 Å². The maximum Gasteiger partial charge on any atom is 0.225 e. The number of amides is 1. The molecule has 13 heavy (non-hydrogen) atoms. The average Bonchev–Trinajstić information content (AvgIpc) is 2.15. The topological polar surface area (TPSA) is 55.1 Å². The highest BCUT2D eigenvalue weighted by Crippen LogP contribution is 2.35. The molecule has 1 fully saturated rings. The number of rotatable bonds is 3. The van der Waals surface area contributed by atoms with E-state index in [2.05, 4.69) is 12.2 Å². The van der Waals surface area contributed by atoms with Crippen LogP contribution in [-0.4, -0.2) is 19.0 Å². The van der Waals surface area contributed by atoms with Gasteiger partial charge in [0.25, 0.3) is 0 Å². The fourth-order valence-electron chi connectivity index (χ4n) is 1.96. The van der Waals surface area contributed by atoms with Crippen molar-refractivity contribution in [3.05, 3.63) is 0 Å². The Labute approximate surface area is 80.1 Å². The standard InChI is InChI=1S/C10H20N2O/c1-10(5-3-2-4-6-10)9(13)12-8-7-11/h2-8,11H2,1H3,(H,12,13). The maximum atomic E-state index is 11.7. The summed E-state index contributed by atoms with van der Waals surface area (Å²) in [5.41, 5.74) is 5.22. The molecular weight excluding hydrogens is 164 g/mol. The second-order valence-corrected chi connectivity index (χ2v) is 4.17. The molecule has 0 heterocycles. The van der Waals surface area contributed by atoms with Crippen molar-refractivity contribution >= 4 is 5.91 Å². The van der Waals surface area contributed by atoms with Crippen LogP contribution in [0.3, 0.4) is 0 Å². The van der Waals surface area contributed by atoms with Crippen LogP contribution in [0.2, 0.25) is 0 Å². The molecule has 0 spiro atoms.